The fourth-order valence-electron chi connectivity index (χ4n) is 0.783. The lowest BCUT2D eigenvalue weighted by molar-refractivity contribution is -0.115. The third kappa shape index (κ3) is 3.13. The quantitative estimate of drug-likeness (QED) is 0.553. The second-order valence-corrected chi connectivity index (χ2v) is 3.29. The van der Waals surface area contributed by atoms with Crippen LogP contribution in [-0.2, 0) is 4.79 Å². The van der Waals surface area contributed by atoms with Gasteiger partial charge >= 0.3 is 0 Å². The molecule has 0 bridgehead atoms. The summed E-state index contributed by atoms with van der Waals surface area (Å²) in [5, 5.41) is 0. The average Bonchev–Trinajstić information content (AvgIpc) is 2.68. The van der Waals surface area contributed by atoms with Crippen molar-refractivity contribution in [3.05, 3.63) is 17.3 Å². The van der Waals surface area contributed by atoms with Crippen LogP contribution in [-0.4, -0.2) is 45.3 Å². The Morgan fingerprint density at radius 3 is 2.47 bits per heavy atom. The minimum Gasteiger partial charge on any atom is -0.351 e. The Kier molecular flexibility index (Phi) is 3.92. The Balaban J connectivity index is 0.000000195. The SMILES string of the molecule is CN(C)C=O.S=c1nc[nH]c2nc[nH]c12. The molecule has 0 spiro atoms. The van der Waals surface area contributed by atoms with E-state index in [2.05, 4.69) is 19.9 Å². The lowest BCUT2D eigenvalue weighted by Gasteiger charge is -1.93. The molecular weight excluding hydrogens is 214 g/mol. The zero-order valence-corrected chi connectivity index (χ0v) is 9.21. The Labute approximate surface area is 91.4 Å². The number of nitrogens with zero attached hydrogens (tertiary/aromatic N) is 3. The van der Waals surface area contributed by atoms with Crippen molar-refractivity contribution >= 4 is 29.8 Å². The van der Waals surface area contributed by atoms with Gasteiger partial charge in [-0.05, 0) is 0 Å². The highest BCUT2D eigenvalue weighted by atomic mass is 32.1. The van der Waals surface area contributed by atoms with E-state index in [0.717, 1.165) is 17.6 Å². The van der Waals surface area contributed by atoms with Gasteiger partial charge in [0.1, 0.15) is 5.52 Å². The Hall–Kier alpha value is -1.76. The summed E-state index contributed by atoms with van der Waals surface area (Å²) in [6, 6.07) is 0. The minimum absolute atomic E-state index is 0.547. The molecule has 0 saturated heterocycles. The lowest BCUT2D eigenvalue weighted by atomic mass is 10.6. The van der Waals surface area contributed by atoms with Crippen LogP contribution >= 0.6 is 12.2 Å². The number of nitrogens with one attached hydrogen (secondary N) is 2. The molecular formula is C8H11N5OS. The van der Waals surface area contributed by atoms with Crippen molar-refractivity contribution in [1.29, 1.82) is 0 Å². The van der Waals surface area contributed by atoms with Crippen LogP contribution in [0.4, 0.5) is 0 Å². The molecule has 2 aromatic heterocycles. The topological polar surface area (TPSA) is 77.7 Å². The van der Waals surface area contributed by atoms with Gasteiger partial charge in [0.15, 0.2) is 10.3 Å². The summed E-state index contributed by atoms with van der Waals surface area (Å²) in [5.74, 6) is 0. The summed E-state index contributed by atoms with van der Waals surface area (Å²) < 4.78 is 0.547. The first-order valence-corrected chi connectivity index (χ1v) is 4.54. The van der Waals surface area contributed by atoms with Crippen LogP contribution in [0.1, 0.15) is 0 Å². The summed E-state index contributed by atoms with van der Waals surface area (Å²) in [6.07, 6.45) is 3.87. The highest BCUT2D eigenvalue weighted by molar-refractivity contribution is 7.71. The van der Waals surface area contributed by atoms with Gasteiger partial charge in [-0.15, -0.1) is 0 Å². The van der Waals surface area contributed by atoms with Gasteiger partial charge < -0.3 is 14.9 Å². The number of aromatic amines is 2. The summed E-state index contributed by atoms with van der Waals surface area (Å²) in [5.41, 5.74) is 1.54. The molecule has 0 atom stereocenters. The summed E-state index contributed by atoms with van der Waals surface area (Å²) in [4.78, 5) is 24.4. The molecule has 0 aliphatic heterocycles. The molecule has 0 radical (unpaired) electrons. The number of fused-ring (bicyclic) bond motifs is 1. The van der Waals surface area contributed by atoms with E-state index in [1.165, 1.54) is 11.2 Å². The molecule has 2 N–H and O–H groups in total. The van der Waals surface area contributed by atoms with Crippen LogP contribution in [0.2, 0.25) is 0 Å². The largest absolute Gasteiger partial charge is 0.351 e. The van der Waals surface area contributed by atoms with E-state index in [-0.39, 0.29) is 0 Å². The first-order valence-electron chi connectivity index (χ1n) is 4.13. The van der Waals surface area contributed by atoms with Crippen molar-refractivity contribution in [2.45, 2.75) is 0 Å². The van der Waals surface area contributed by atoms with E-state index in [1.54, 1.807) is 20.4 Å². The van der Waals surface area contributed by atoms with Crippen molar-refractivity contribution in [3.63, 3.8) is 0 Å². The number of carbonyl (C=O) groups excluding carboxylic acids is 1. The van der Waals surface area contributed by atoms with E-state index >= 15 is 0 Å². The first-order chi connectivity index (χ1) is 7.15. The lowest BCUT2D eigenvalue weighted by Crippen LogP contribution is -2.06. The van der Waals surface area contributed by atoms with Crippen LogP contribution in [0.25, 0.3) is 11.2 Å². The normalized spacial score (nSPS) is 9.20. The maximum atomic E-state index is 9.43. The van der Waals surface area contributed by atoms with Crippen LogP contribution in [0.15, 0.2) is 12.7 Å². The Morgan fingerprint density at radius 1 is 1.33 bits per heavy atom. The van der Waals surface area contributed by atoms with Gasteiger partial charge in [-0.2, -0.15) is 0 Å². The van der Waals surface area contributed by atoms with Crippen LogP contribution in [0.3, 0.4) is 0 Å². The summed E-state index contributed by atoms with van der Waals surface area (Å²) in [7, 11) is 3.38. The molecule has 1 amide bonds. The fourth-order valence-corrected chi connectivity index (χ4v) is 0.992. The van der Waals surface area contributed by atoms with Crippen molar-refractivity contribution in [1.82, 2.24) is 24.8 Å². The zero-order valence-electron chi connectivity index (χ0n) is 8.39. The second-order valence-electron chi connectivity index (χ2n) is 2.90. The molecule has 0 aliphatic rings. The number of aromatic nitrogens is 4. The third-order valence-electron chi connectivity index (χ3n) is 1.45. The van der Waals surface area contributed by atoms with Gasteiger partial charge in [0, 0.05) is 14.1 Å². The van der Waals surface area contributed by atoms with Crippen LogP contribution in [0.5, 0.6) is 0 Å². The van der Waals surface area contributed by atoms with Crippen molar-refractivity contribution in [2.75, 3.05) is 14.1 Å². The van der Waals surface area contributed by atoms with Crippen LogP contribution in [0, 0.1) is 4.64 Å². The molecule has 2 heterocycles. The maximum absolute atomic E-state index is 9.43. The fraction of sp³-hybridized carbons (Fsp3) is 0.250. The van der Waals surface area contributed by atoms with Gasteiger partial charge in [-0.1, -0.05) is 12.2 Å². The molecule has 7 heteroatoms. The molecule has 2 aromatic rings. The predicted octanol–water partition coefficient (Wildman–Crippen LogP) is 0.720. The molecule has 0 saturated carbocycles. The highest BCUT2D eigenvalue weighted by Crippen LogP contribution is 2.02. The van der Waals surface area contributed by atoms with E-state index < -0.39 is 0 Å². The van der Waals surface area contributed by atoms with E-state index in [4.69, 9.17) is 12.2 Å². The van der Waals surface area contributed by atoms with Gasteiger partial charge in [0.05, 0.1) is 12.7 Å². The highest BCUT2D eigenvalue weighted by Gasteiger charge is 1.94. The predicted molar refractivity (Wildman–Crippen MR) is 58.8 cm³/mol. The van der Waals surface area contributed by atoms with Crippen molar-refractivity contribution < 1.29 is 4.79 Å². The molecule has 0 unspecified atom stereocenters. The monoisotopic (exact) mass is 225 g/mol. The standard InChI is InChI=1S/C5H4N4S.C3H7NO/c10-5-3-4(7-1-6-3)8-2-9-5;1-4(2)3-5/h1-2H,(H2,6,7,8,9,10);3H,1-2H3. The van der Waals surface area contributed by atoms with Crippen molar-refractivity contribution in [3.8, 4) is 0 Å². The van der Waals surface area contributed by atoms with Gasteiger partial charge in [0.25, 0.3) is 0 Å². The molecule has 0 fully saturated rings. The van der Waals surface area contributed by atoms with Gasteiger partial charge in [-0.25, -0.2) is 9.97 Å². The molecule has 6 nitrogen and oxygen atoms in total. The average molecular weight is 225 g/mol. The molecule has 15 heavy (non-hydrogen) atoms. The van der Waals surface area contributed by atoms with E-state index in [1.807, 2.05) is 0 Å². The number of hydrogen-bond donors (Lipinski definition) is 2. The van der Waals surface area contributed by atoms with Gasteiger partial charge in [0.2, 0.25) is 6.41 Å². The number of hydrogen-bond acceptors (Lipinski definition) is 4. The molecule has 80 valence electrons. The van der Waals surface area contributed by atoms with Crippen LogP contribution < -0.4 is 0 Å². The number of carbonyl (C=O) groups is 1. The Bertz CT molecular complexity index is 489. The zero-order chi connectivity index (χ0) is 11.3. The number of imidazole rings is 1. The first kappa shape index (κ1) is 11.3. The third-order valence-corrected chi connectivity index (χ3v) is 1.76. The molecule has 0 aliphatic carbocycles. The molecule has 0 aromatic carbocycles. The van der Waals surface area contributed by atoms with Crippen molar-refractivity contribution in [2.24, 2.45) is 0 Å². The summed E-state index contributed by atoms with van der Waals surface area (Å²) >= 11 is 4.91. The number of rotatable bonds is 1. The maximum Gasteiger partial charge on any atom is 0.209 e. The molecule has 2 rings (SSSR count). The van der Waals surface area contributed by atoms with E-state index in [0.29, 0.717) is 4.64 Å². The van der Waals surface area contributed by atoms with Gasteiger partial charge in [-0.3, -0.25) is 4.79 Å². The number of amides is 1. The minimum atomic E-state index is 0.547. The number of H-pyrrole nitrogens is 2. The summed E-state index contributed by atoms with van der Waals surface area (Å²) in [6.45, 7) is 0. The Morgan fingerprint density at radius 2 is 1.93 bits per heavy atom. The van der Waals surface area contributed by atoms with E-state index in [9.17, 15) is 4.79 Å². The smallest absolute Gasteiger partial charge is 0.209 e. The second kappa shape index (κ2) is 5.20.